The van der Waals surface area contributed by atoms with Gasteiger partial charge in [0.05, 0.1) is 18.4 Å². The van der Waals surface area contributed by atoms with Crippen LogP contribution in [0.15, 0.2) is 65.9 Å². The number of amides is 1. The van der Waals surface area contributed by atoms with Gasteiger partial charge in [-0.25, -0.2) is 4.79 Å². The maximum Gasteiger partial charge on any atom is 0.355 e. The van der Waals surface area contributed by atoms with E-state index in [4.69, 9.17) is 21.1 Å². The molecule has 2 atom stereocenters. The largest absolute Gasteiger partial charge is 0.497 e. The third-order valence-corrected chi connectivity index (χ3v) is 7.45. The molecule has 172 valence electrons. The van der Waals surface area contributed by atoms with Crippen molar-refractivity contribution in [2.24, 2.45) is 5.92 Å². The first-order chi connectivity index (χ1) is 16.0. The van der Waals surface area contributed by atoms with Crippen molar-refractivity contribution in [3.63, 3.8) is 0 Å². The molecule has 0 aliphatic carbocycles. The lowest BCUT2D eigenvalue weighted by Gasteiger charge is -2.49. The van der Waals surface area contributed by atoms with Crippen molar-refractivity contribution >= 4 is 41.0 Å². The summed E-state index contributed by atoms with van der Waals surface area (Å²) in [4.78, 5) is 39.9. The number of fused-ring (bicyclic) bond motifs is 1. The van der Waals surface area contributed by atoms with Crippen LogP contribution in [0.2, 0.25) is 0 Å². The average Bonchev–Trinajstić information content (AvgIpc) is 2.85. The van der Waals surface area contributed by atoms with E-state index in [1.54, 1.807) is 19.2 Å². The lowest BCUT2D eigenvalue weighted by atomic mass is 9.89. The van der Waals surface area contributed by atoms with Crippen molar-refractivity contribution in [2.45, 2.75) is 24.8 Å². The molecule has 1 fully saturated rings. The Morgan fingerprint density at radius 1 is 1.09 bits per heavy atom. The summed E-state index contributed by atoms with van der Waals surface area (Å²) in [6, 6.07) is 16.7. The molecule has 8 heteroatoms. The van der Waals surface area contributed by atoms with Gasteiger partial charge in [0, 0.05) is 24.5 Å². The molecule has 2 aliphatic heterocycles. The van der Waals surface area contributed by atoms with E-state index < -0.39 is 11.9 Å². The van der Waals surface area contributed by atoms with Crippen LogP contribution in [0.25, 0.3) is 0 Å². The summed E-state index contributed by atoms with van der Waals surface area (Å²) in [5.41, 5.74) is 2.62. The molecule has 6 nitrogen and oxygen atoms in total. The quantitative estimate of drug-likeness (QED) is 0.304. The lowest BCUT2D eigenvalue weighted by molar-refractivity contribution is -0.156. The summed E-state index contributed by atoms with van der Waals surface area (Å²) in [5, 5.41) is -0.257. The maximum atomic E-state index is 13.0. The molecule has 2 heterocycles. The van der Waals surface area contributed by atoms with Gasteiger partial charge < -0.3 is 9.47 Å². The van der Waals surface area contributed by atoms with Gasteiger partial charge in [0.2, 0.25) is 5.91 Å². The van der Waals surface area contributed by atoms with E-state index in [1.807, 2.05) is 42.5 Å². The van der Waals surface area contributed by atoms with E-state index >= 15 is 0 Å². The summed E-state index contributed by atoms with van der Waals surface area (Å²) in [6.07, 6.45) is 0.452. The molecule has 0 aromatic heterocycles. The zero-order valence-electron chi connectivity index (χ0n) is 18.2. The van der Waals surface area contributed by atoms with Crippen LogP contribution in [-0.4, -0.2) is 46.7 Å². The Bertz CT molecular complexity index is 1070. The SMILES string of the molecule is COc1ccc(COC(=O)C2=C(CCl)CS[C@@H]3[C@H](CC(=O)Cc4ccccc4)C(=O)N23)cc1. The van der Waals surface area contributed by atoms with Crippen LogP contribution in [0.5, 0.6) is 5.75 Å². The zero-order valence-corrected chi connectivity index (χ0v) is 19.7. The van der Waals surface area contributed by atoms with Crippen molar-refractivity contribution in [3.05, 3.63) is 77.0 Å². The van der Waals surface area contributed by atoms with E-state index in [0.29, 0.717) is 23.5 Å². The molecule has 2 aromatic rings. The van der Waals surface area contributed by atoms with Gasteiger partial charge in [-0.1, -0.05) is 42.5 Å². The summed E-state index contributed by atoms with van der Waals surface area (Å²) in [6.45, 7) is 0.0702. The number of hydrogen-bond acceptors (Lipinski definition) is 6. The maximum absolute atomic E-state index is 13.0. The Morgan fingerprint density at radius 3 is 2.48 bits per heavy atom. The van der Waals surface area contributed by atoms with Gasteiger partial charge in [0.1, 0.15) is 23.8 Å². The number of β-lactam (4-membered cyclic amide) rings is 1. The van der Waals surface area contributed by atoms with E-state index in [2.05, 4.69) is 0 Å². The van der Waals surface area contributed by atoms with Crippen molar-refractivity contribution in [2.75, 3.05) is 18.7 Å². The first-order valence-electron chi connectivity index (χ1n) is 10.6. The molecular formula is C25H24ClNO5S. The molecule has 0 spiro atoms. The Labute approximate surface area is 201 Å². The number of ether oxygens (including phenoxy) is 2. The van der Waals surface area contributed by atoms with Gasteiger partial charge in [-0.15, -0.1) is 23.4 Å². The number of carbonyl (C=O) groups is 3. The van der Waals surface area contributed by atoms with Gasteiger partial charge >= 0.3 is 5.97 Å². The predicted octanol–water partition coefficient (Wildman–Crippen LogP) is 3.96. The topological polar surface area (TPSA) is 72.9 Å². The third kappa shape index (κ3) is 5.09. The van der Waals surface area contributed by atoms with Crippen LogP contribution in [-0.2, 0) is 32.1 Å². The highest BCUT2D eigenvalue weighted by atomic mass is 35.5. The molecule has 2 aliphatic rings. The number of rotatable bonds is 9. The van der Waals surface area contributed by atoms with Gasteiger partial charge in [-0.05, 0) is 28.8 Å². The van der Waals surface area contributed by atoms with E-state index in [0.717, 1.165) is 11.1 Å². The second-order valence-corrected chi connectivity index (χ2v) is 9.30. The van der Waals surface area contributed by atoms with Gasteiger partial charge in [-0.3, -0.25) is 14.5 Å². The van der Waals surface area contributed by atoms with Crippen molar-refractivity contribution in [3.8, 4) is 5.75 Å². The van der Waals surface area contributed by atoms with Gasteiger partial charge in [-0.2, -0.15) is 0 Å². The summed E-state index contributed by atoms with van der Waals surface area (Å²) >= 11 is 7.61. The molecule has 2 aromatic carbocycles. The van der Waals surface area contributed by atoms with Crippen LogP contribution in [0.3, 0.4) is 0 Å². The minimum atomic E-state index is -0.575. The fourth-order valence-electron chi connectivity index (χ4n) is 3.99. The minimum Gasteiger partial charge on any atom is -0.497 e. The standard InChI is InChI=1S/C25H24ClNO5S/c1-31-20-9-7-17(8-10-20)14-32-25(30)22-18(13-26)15-33-24-21(23(29)27(22)24)12-19(28)11-16-5-3-2-4-6-16/h2-10,21,24H,11-15H2,1H3/t21-,24-/m1/s1. The molecule has 1 saturated heterocycles. The monoisotopic (exact) mass is 485 g/mol. The van der Waals surface area contributed by atoms with Crippen molar-refractivity contribution in [1.29, 1.82) is 0 Å². The molecule has 0 radical (unpaired) electrons. The molecule has 1 amide bonds. The number of nitrogens with zero attached hydrogens (tertiary/aromatic N) is 1. The smallest absolute Gasteiger partial charge is 0.355 e. The number of thioether (sulfide) groups is 1. The first-order valence-corrected chi connectivity index (χ1v) is 12.2. The molecular weight excluding hydrogens is 462 g/mol. The van der Waals surface area contributed by atoms with Crippen LogP contribution >= 0.6 is 23.4 Å². The van der Waals surface area contributed by atoms with E-state index in [9.17, 15) is 14.4 Å². The van der Waals surface area contributed by atoms with Crippen molar-refractivity contribution < 1.29 is 23.9 Å². The summed E-state index contributed by atoms with van der Waals surface area (Å²) in [7, 11) is 1.58. The van der Waals surface area contributed by atoms with E-state index in [-0.39, 0.29) is 41.7 Å². The van der Waals surface area contributed by atoms with Crippen LogP contribution in [0, 0.1) is 5.92 Å². The summed E-state index contributed by atoms with van der Waals surface area (Å²) < 4.78 is 10.6. The number of benzene rings is 2. The Kier molecular flexibility index (Phi) is 7.40. The average molecular weight is 486 g/mol. The number of halogens is 1. The Morgan fingerprint density at radius 2 is 1.82 bits per heavy atom. The predicted molar refractivity (Wildman–Crippen MR) is 127 cm³/mol. The fourth-order valence-corrected chi connectivity index (χ4v) is 5.74. The Hall–Kier alpha value is -2.77. The van der Waals surface area contributed by atoms with Gasteiger partial charge in [0.15, 0.2) is 0 Å². The molecule has 4 rings (SSSR count). The highest BCUT2D eigenvalue weighted by Gasteiger charge is 2.53. The van der Waals surface area contributed by atoms with Crippen LogP contribution in [0.1, 0.15) is 17.5 Å². The second-order valence-electron chi connectivity index (χ2n) is 7.93. The summed E-state index contributed by atoms with van der Waals surface area (Å²) in [5.74, 6) is 0.135. The van der Waals surface area contributed by atoms with Crippen molar-refractivity contribution in [1.82, 2.24) is 4.90 Å². The normalized spacial score (nSPS) is 19.6. The zero-order chi connectivity index (χ0) is 23.4. The fraction of sp³-hybridized carbons (Fsp3) is 0.320. The number of hydrogen-bond donors (Lipinski definition) is 0. The number of alkyl halides is 1. The highest BCUT2D eigenvalue weighted by molar-refractivity contribution is 8.00. The number of carbonyl (C=O) groups excluding carboxylic acids is 3. The third-order valence-electron chi connectivity index (χ3n) is 5.73. The number of ketones is 1. The van der Waals surface area contributed by atoms with E-state index in [1.165, 1.54) is 16.7 Å². The molecule has 0 N–H and O–H groups in total. The second kappa shape index (κ2) is 10.4. The minimum absolute atomic E-state index is 0.00977. The van der Waals surface area contributed by atoms with Gasteiger partial charge in [0.25, 0.3) is 0 Å². The Balaban J connectivity index is 1.41. The number of esters is 1. The molecule has 33 heavy (non-hydrogen) atoms. The number of methoxy groups -OCH3 is 1. The van der Waals surface area contributed by atoms with Crippen LogP contribution in [0.4, 0.5) is 0 Å². The molecule has 0 unspecified atom stereocenters. The lowest BCUT2D eigenvalue weighted by Crippen LogP contribution is -2.62. The molecule has 0 saturated carbocycles. The van der Waals surface area contributed by atoms with Crippen LogP contribution < -0.4 is 4.74 Å². The highest BCUT2D eigenvalue weighted by Crippen LogP contribution is 2.45. The number of Topliss-reactive ketones (excluding diaryl/α,β-unsaturated/α-hetero) is 1. The first kappa shape index (κ1) is 23.4. The molecule has 0 bridgehead atoms.